The van der Waals surface area contributed by atoms with E-state index in [-0.39, 0.29) is 0 Å². The van der Waals surface area contributed by atoms with Gasteiger partial charge >= 0.3 is 0 Å². The van der Waals surface area contributed by atoms with Crippen molar-refractivity contribution in [3.63, 3.8) is 0 Å². The predicted octanol–water partition coefficient (Wildman–Crippen LogP) is 4.37. The molecule has 3 fully saturated rings. The summed E-state index contributed by atoms with van der Waals surface area (Å²) in [7, 11) is 1.64. The molecule has 2 bridgehead atoms. The standard InChI is InChI=1S/C31H33N7O2/c1-39-30-7-4-21(15-35-30)18-38-26-8-9-37(19-27(38)12-26)29-6-5-22(16-34-29)28-11-24(23-3-2-10-40-20-23)17-36-31(28)25(13-32)14-33/h4-7,11,13,15-17,20,26-27H,2-3,8-10,12,18-19,32H2,1H3. The summed E-state index contributed by atoms with van der Waals surface area (Å²) < 4.78 is 10.8. The molecule has 40 heavy (non-hydrogen) atoms. The molecule has 0 saturated carbocycles. The molecule has 0 amide bonds. The number of aromatic nitrogens is 3. The molecule has 3 saturated heterocycles. The van der Waals surface area contributed by atoms with Gasteiger partial charge in [0.05, 0.1) is 31.2 Å². The Balaban J connectivity index is 1.21. The zero-order valence-electron chi connectivity index (χ0n) is 22.7. The SMILES string of the molecule is COc1ccc(CN2C3CCN(c4ccc(-c5cc(C6=COCCC6)cnc5C(C#N)=CN)cn4)CC2C3)cn1. The van der Waals surface area contributed by atoms with Crippen LogP contribution in [0.1, 0.15) is 42.5 Å². The topological polar surface area (TPSA) is 113 Å². The summed E-state index contributed by atoms with van der Waals surface area (Å²) in [5.74, 6) is 1.61. The van der Waals surface area contributed by atoms with E-state index in [0.29, 0.717) is 29.2 Å². The second-order valence-electron chi connectivity index (χ2n) is 10.5. The Morgan fingerprint density at radius 3 is 2.75 bits per heavy atom. The number of pyridine rings is 3. The third-order valence-electron chi connectivity index (χ3n) is 8.13. The Labute approximate surface area is 234 Å². The number of fused-ring (bicyclic) bond motifs is 3. The second-order valence-corrected chi connectivity index (χ2v) is 10.5. The molecule has 0 aliphatic carbocycles. The molecule has 2 unspecified atom stereocenters. The molecule has 7 heterocycles. The number of hydrogen-bond donors (Lipinski definition) is 1. The van der Waals surface area contributed by atoms with E-state index in [2.05, 4.69) is 50.1 Å². The average Bonchev–Trinajstić information content (AvgIpc) is 3.35. The van der Waals surface area contributed by atoms with E-state index in [4.69, 9.17) is 20.2 Å². The normalized spacial score (nSPS) is 20.9. The highest BCUT2D eigenvalue weighted by atomic mass is 16.5. The number of methoxy groups -OCH3 is 1. The van der Waals surface area contributed by atoms with E-state index in [9.17, 15) is 5.26 Å². The van der Waals surface area contributed by atoms with Gasteiger partial charge in [0, 0.05) is 73.7 Å². The highest BCUT2D eigenvalue weighted by Gasteiger charge is 2.41. The van der Waals surface area contributed by atoms with Gasteiger partial charge in [0.15, 0.2) is 0 Å². The van der Waals surface area contributed by atoms with Crippen LogP contribution >= 0.6 is 0 Å². The van der Waals surface area contributed by atoms with Crippen molar-refractivity contribution in [3.05, 3.63) is 78.2 Å². The molecule has 9 heteroatoms. The first-order chi connectivity index (χ1) is 19.7. The number of anilines is 1. The van der Waals surface area contributed by atoms with Crippen LogP contribution in [0.4, 0.5) is 5.82 Å². The number of rotatable bonds is 7. The highest BCUT2D eigenvalue weighted by molar-refractivity contribution is 5.86. The van der Waals surface area contributed by atoms with Crippen molar-refractivity contribution in [2.75, 3.05) is 31.7 Å². The molecule has 0 spiro atoms. The minimum absolute atomic E-state index is 0.332. The third-order valence-corrected chi connectivity index (χ3v) is 8.13. The smallest absolute Gasteiger partial charge is 0.212 e. The molecule has 2 N–H and O–H groups in total. The van der Waals surface area contributed by atoms with Crippen LogP contribution in [0.15, 0.2) is 61.4 Å². The number of hydrogen-bond acceptors (Lipinski definition) is 9. The number of nitriles is 1. The Morgan fingerprint density at radius 2 is 2.05 bits per heavy atom. The molecule has 4 aliphatic heterocycles. The Hall–Kier alpha value is -4.42. The zero-order valence-corrected chi connectivity index (χ0v) is 22.7. The van der Waals surface area contributed by atoms with Crippen molar-refractivity contribution < 1.29 is 9.47 Å². The van der Waals surface area contributed by atoms with Gasteiger partial charge in [-0.15, -0.1) is 0 Å². The first kappa shape index (κ1) is 25.8. The summed E-state index contributed by atoms with van der Waals surface area (Å²) in [6.07, 6.45) is 12.9. The lowest BCUT2D eigenvalue weighted by Crippen LogP contribution is -2.56. The molecule has 9 nitrogen and oxygen atoms in total. The molecule has 0 aromatic carbocycles. The number of ether oxygens (including phenoxy) is 2. The minimum atomic E-state index is 0.332. The van der Waals surface area contributed by atoms with Crippen molar-refractivity contribution >= 4 is 17.0 Å². The van der Waals surface area contributed by atoms with Crippen molar-refractivity contribution in [2.24, 2.45) is 5.73 Å². The van der Waals surface area contributed by atoms with Crippen molar-refractivity contribution in [1.82, 2.24) is 19.9 Å². The molecule has 3 aromatic rings. The highest BCUT2D eigenvalue weighted by Crippen LogP contribution is 2.36. The van der Waals surface area contributed by atoms with Gasteiger partial charge in [0.25, 0.3) is 0 Å². The lowest BCUT2D eigenvalue weighted by molar-refractivity contribution is 0.0198. The molecular weight excluding hydrogens is 502 g/mol. The lowest BCUT2D eigenvalue weighted by atomic mass is 9.91. The minimum Gasteiger partial charge on any atom is -0.501 e. The maximum absolute atomic E-state index is 9.67. The van der Waals surface area contributed by atoms with E-state index >= 15 is 0 Å². The molecule has 7 rings (SSSR count). The maximum Gasteiger partial charge on any atom is 0.212 e. The fraction of sp³-hybridized carbons (Fsp3) is 0.355. The summed E-state index contributed by atoms with van der Waals surface area (Å²) in [6, 6.07) is 13.5. The van der Waals surface area contributed by atoms with Gasteiger partial charge in [-0.3, -0.25) is 9.88 Å². The molecule has 0 radical (unpaired) electrons. The molecule has 4 aliphatic rings. The van der Waals surface area contributed by atoms with E-state index in [0.717, 1.165) is 73.6 Å². The van der Waals surface area contributed by atoms with Crippen LogP contribution in [-0.2, 0) is 11.3 Å². The average molecular weight is 536 g/mol. The van der Waals surface area contributed by atoms with Gasteiger partial charge in [0.1, 0.15) is 11.9 Å². The summed E-state index contributed by atoms with van der Waals surface area (Å²) in [5, 5.41) is 9.67. The summed E-state index contributed by atoms with van der Waals surface area (Å²) in [4.78, 5) is 18.9. The van der Waals surface area contributed by atoms with Crippen molar-refractivity contribution in [1.29, 1.82) is 5.26 Å². The molecule has 204 valence electrons. The van der Waals surface area contributed by atoms with E-state index in [1.807, 2.05) is 24.7 Å². The Morgan fingerprint density at radius 1 is 1.15 bits per heavy atom. The van der Waals surface area contributed by atoms with Crippen LogP contribution < -0.4 is 15.4 Å². The third kappa shape index (κ3) is 5.10. The number of nitrogens with zero attached hydrogens (tertiary/aromatic N) is 6. The van der Waals surface area contributed by atoms with E-state index < -0.39 is 0 Å². The van der Waals surface area contributed by atoms with Crippen LogP contribution in [0.3, 0.4) is 0 Å². The fourth-order valence-corrected chi connectivity index (χ4v) is 5.91. The summed E-state index contributed by atoms with van der Waals surface area (Å²) in [5.41, 5.74) is 11.7. The van der Waals surface area contributed by atoms with Gasteiger partial charge < -0.3 is 20.1 Å². The van der Waals surface area contributed by atoms with E-state index in [1.54, 1.807) is 13.3 Å². The maximum atomic E-state index is 9.67. The number of nitrogens with two attached hydrogens (primary N) is 1. The van der Waals surface area contributed by atoms with Crippen LogP contribution in [0.25, 0.3) is 22.3 Å². The zero-order chi connectivity index (χ0) is 27.5. The van der Waals surface area contributed by atoms with Crippen molar-refractivity contribution in [2.45, 2.75) is 44.3 Å². The molecule has 2 atom stereocenters. The van der Waals surface area contributed by atoms with Crippen LogP contribution in [0, 0.1) is 11.3 Å². The summed E-state index contributed by atoms with van der Waals surface area (Å²) >= 11 is 0. The second kappa shape index (κ2) is 11.4. The molecular formula is C31H33N7O2. The van der Waals surface area contributed by atoms with Gasteiger partial charge in [-0.1, -0.05) is 6.07 Å². The van der Waals surface area contributed by atoms with Crippen LogP contribution in [0.5, 0.6) is 5.88 Å². The molecule has 3 aromatic heterocycles. The summed E-state index contributed by atoms with van der Waals surface area (Å²) in [6.45, 7) is 3.54. The Bertz CT molecular complexity index is 1460. The van der Waals surface area contributed by atoms with Crippen molar-refractivity contribution in [3.8, 4) is 23.1 Å². The lowest BCUT2D eigenvalue weighted by Gasteiger charge is -2.47. The fourth-order valence-electron chi connectivity index (χ4n) is 5.91. The largest absolute Gasteiger partial charge is 0.501 e. The van der Waals surface area contributed by atoms with Crippen LogP contribution in [0.2, 0.25) is 0 Å². The predicted molar refractivity (Wildman–Crippen MR) is 154 cm³/mol. The number of allylic oxidation sites excluding steroid dienone is 2. The first-order valence-electron chi connectivity index (χ1n) is 13.8. The van der Waals surface area contributed by atoms with E-state index in [1.165, 1.54) is 18.2 Å². The van der Waals surface area contributed by atoms with Gasteiger partial charge in [-0.25, -0.2) is 9.97 Å². The Kier molecular flexibility index (Phi) is 7.34. The van der Waals surface area contributed by atoms with Gasteiger partial charge in [0.2, 0.25) is 5.88 Å². The monoisotopic (exact) mass is 535 g/mol. The first-order valence-corrected chi connectivity index (χ1v) is 13.8. The van der Waals surface area contributed by atoms with Crippen LogP contribution in [-0.4, -0.2) is 58.7 Å². The van der Waals surface area contributed by atoms with Gasteiger partial charge in [-0.2, -0.15) is 5.26 Å². The van der Waals surface area contributed by atoms with Gasteiger partial charge in [-0.05, 0) is 60.6 Å². The quantitative estimate of drug-likeness (QED) is 0.441.